The SMILES string of the molecule is O=C(c1cnc(NCc2ccc3c(c2)OCO3)nc1-c1ccc(-c2ccccc2)cc1)N1CCCCC1. The third-order valence-electron chi connectivity index (χ3n) is 6.82. The van der Waals surface area contributed by atoms with Crippen LogP contribution >= 0.6 is 0 Å². The van der Waals surface area contributed by atoms with Gasteiger partial charge in [-0.2, -0.15) is 0 Å². The maximum atomic E-state index is 13.5. The number of hydrogen-bond acceptors (Lipinski definition) is 6. The van der Waals surface area contributed by atoms with E-state index < -0.39 is 0 Å². The number of aromatic nitrogens is 2. The highest BCUT2D eigenvalue weighted by atomic mass is 16.7. The minimum absolute atomic E-state index is 0.0100. The molecule has 1 N–H and O–H groups in total. The zero-order chi connectivity index (χ0) is 25.0. The molecule has 3 aromatic carbocycles. The molecule has 1 aromatic heterocycles. The van der Waals surface area contributed by atoms with Gasteiger partial charge in [0, 0.05) is 31.4 Å². The lowest BCUT2D eigenvalue weighted by molar-refractivity contribution is 0.0724. The van der Waals surface area contributed by atoms with Crippen molar-refractivity contribution >= 4 is 11.9 Å². The first-order valence-electron chi connectivity index (χ1n) is 12.7. The Labute approximate surface area is 216 Å². The minimum Gasteiger partial charge on any atom is -0.454 e. The van der Waals surface area contributed by atoms with Gasteiger partial charge in [0.25, 0.3) is 5.91 Å². The molecule has 37 heavy (non-hydrogen) atoms. The largest absolute Gasteiger partial charge is 0.454 e. The fourth-order valence-corrected chi connectivity index (χ4v) is 4.79. The summed E-state index contributed by atoms with van der Waals surface area (Å²) < 4.78 is 10.9. The normalized spacial score (nSPS) is 14.4. The Morgan fingerprint density at radius 1 is 0.838 bits per heavy atom. The predicted octanol–water partition coefficient (Wildman–Crippen LogP) is 5.78. The van der Waals surface area contributed by atoms with E-state index in [2.05, 4.69) is 34.6 Å². The van der Waals surface area contributed by atoms with Crippen molar-refractivity contribution in [2.45, 2.75) is 25.8 Å². The van der Waals surface area contributed by atoms with Crippen LogP contribution in [0.25, 0.3) is 22.4 Å². The third-order valence-corrected chi connectivity index (χ3v) is 6.82. The van der Waals surface area contributed by atoms with Crippen LogP contribution in [0.2, 0.25) is 0 Å². The summed E-state index contributed by atoms with van der Waals surface area (Å²) in [6.45, 7) is 2.31. The van der Waals surface area contributed by atoms with Gasteiger partial charge in [0.2, 0.25) is 12.7 Å². The molecule has 2 aliphatic rings. The first kappa shape index (κ1) is 23.0. The lowest BCUT2D eigenvalue weighted by Gasteiger charge is -2.27. The topological polar surface area (TPSA) is 76.6 Å². The van der Waals surface area contributed by atoms with E-state index in [1.54, 1.807) is 6.20 Å². The fraction of sp³-hybridized carbons (Fsp3) is 0.233. The van der Waals surface area contributed by atoms with Crippen LogP contribution in [-0.2, 0) is 6.54 Å². The highest BCUT2D eigenvalue weighted by Crippen LogP contribution is 2.33. The Morgan fingerprint density at radius 2 is 1.57 bits per heavy atom. The Balaban J connectivity index is 1.29. The second-order valence-corrected chi connectivity index (χ2v) is 9.29. The molecule has 1 saturated heterocycles. The Bertz CT molecular complexity index is 1400. The lowest BCUT2D eigenvalue weighted by atomic mass is 10.0. The highest BCUT2D eigenvalue weighted by molar-refractivity contribution is 6.00. The molecule has 0 atom stereocenters. The summed E-state index contributed by atoms with van der Waals surface area (Å²) in [4.78, 5) is 24.7. The van der Waals surface area contributed by atoms with Gasteiger partial charge in [-0.25, -0.2) is 9.97 Å². The summed E-state index contributed by atoms with van der Waals surface area (Å²) in [6, 6.07) is 24.3. The number of fused-ring (bicyclic) bond motifs is 1. The summed E-state index contributed by atoms with van der Waals surface area (Å²) in [5, 5.41) is 3.30. The number of nitrogens with zero attached hydrogens (tertiary/aromatic N) is 3. The molecule has 1 fully saturated rings. The van der Waals surface area contributed by atoms with Gasteiger partial charge in [0.1, 0.15) is 0 Å². The Kier molecular flexibility index (Phi) is 6.42. The molecule has 2 aliphatic heterocycles. The molecule has 0 spiro atoms. The quantitative estimate of drug-likeness (QED) is 0.368. The van der Waals surface area contributed by atoms with Crippen molar-refractivity contribution in [1.29, 1.82) is 0 Å². The van der Waals surface area contributed by atoms with Gasteiger partial charge >= 0.3 is 0 Å². The van der Waals surface area contributed by atoms with Crippen molar-refractivity contribution in [3.63, 3.8) is 0 Å². The van der Waals surface area contributed by atoms with Crippen molar-refractivity contribution in [3.8, 4) is 33.9 Å². The summed E-state index contributed by atoms with van der Waals surface area (Å²) in [5.74, 6) is 1.95. The molecule has 4 aromatic rings. The Hall–Kier alpha value is -4.39. The van der Waals surface area contributed by atoms with Gasteiger partial charge in [-0.3, -0.25) is 4.79 Å². The summed E-state index contributed by atoms with van der Waals surface area (Å²) in [5.41, 5.74) is 5.33. The molecule has 186 valence electrons. The average Bonchev–Trinajstić information content (AvgIpc) is 3.45. The van der Waals surface area contributed by atoms with Gasteiger partial charge in [-0.05, 0) is 48.1 Å². The van der Waals surface area contributed by atoms with E-state index in [-0.39, 0.29) is 12.7 Å². The van der Waals surface area contributed by atoms with Gasteiger partial charge in [-0.15, -0.1) is 0 Å². The van der Waals surface area contributed by atoms with Crippen LogP contribution in [0.3, 0.4) is 0 Å². The molecule has 0 unspecified atom stereocenters. The maximum Gasteiger partial charge on any atom is 0.257 e. The number of likely N-dealkylation sites (tertiary alicyclic amines) is 1. The van der Waals surface area contributed by atoms with E-state index in [0.717, 1.165) is 66.1 Å². The standard InChI is InChI=1S/C30H28N4O3/c35-29(34-15-5-2-6-16-34)25-19-32-30(31-18-21-9-14-26-27(17-21)37-20-36-26)33-28(25)24-12-10-23(11-13-24)22-7-3-1-4-8-22/h1,3-4,7-14,17,19H,2,5-6,15-16,18,20H2,(H,31,32,33). The lowest BCUT2D eigenvalue weighted by Crippen LogP contribution is -2.36. The number of anilines is 1. The molecule has 0 radical (unpaired) electrons. The number of hydrogen-bond donors (Lipinski definition) is 1. The van der Waals surface area contributed by atoms with Crippen LogP contribution in [0.5, 0.6) is 11.5 Å². The van der Waals surface area contributed by atoms with E-state index in [1.165, 1.54) is 0 Å². The van der Waals surface area contributed by atoms with E-state index in [4.69, 9.17) is 14.5 Å². The van der Waals surface area contributed by atoms with Gasteiger partial charge in [0.05, 0.1) is 11.3 Å². The number of nitrogens with one attached hydrogen (secondary N) is 1. The van der Waals surface area contributed by atoms with Gasteiger partial charge < -0.3 is 19.7 Å². The van der Waals surface area contributed by atoms with Crippen LogP contribution in [0.1, 0.15) is 35.2 Å². The van der Waals surface area contributed by atoms with Crippen LogP contribution < -0.4 is 14.8 Å². The second kappa shape index (κ2) is 10.3. The molecule has 0 bridgehead atoms. The zero-order valence-electron chi connectivity index (χ0n) is 20.5. The van der Waals surface area contributed by atoms with E-state index in [9.17, 15) is 4.79 Å². The first-order chi connectivity index (χ1) is 18.2. The Morgan fingerprint density at radius 3 is 2.38 bits per heavy atom. The third kappa shape index (κ3) is 4.98. The van der Waals surface area contributed by atoms with Crippen LogP contribution in [0, 0.1) is 0 Å². The fourth-order valence-electron chi connectivity index (χ4n) is 4.79. The monoisotopic (exact) mass is 492 g/mol. The number of ether oxygens (including phenoxy) is 2. The number of rotatable bonds is 6. The molecule has 0 aliphatic carbocycles. The molecule has 0 saturated carbocycles. The molecule has 7 nitrogen and oxygen atoms in total. The number of carbonyl (C=O) groups excluding carboxylic acids is 1. The molecule has 7 heteroatoms. The van der Waals surface area contributed by atoms with Crippen LogP contribution in [0.4, 0.5) is 5.95 Å². The van der Waals surface area contributed by atoms with Gasteiger partial charge in [0.15, 0.2) is 11.5 Å². The van der Waals surface area contributed by atoms with Crippen molar-refractivity contribution in [3.05, 3.63) is 90.1 Å². The predicted molar refractivity (Wildman–Crippen MR) is 143 cm³/mol. The molecular weight excluding hydrogens is 464 g/mol. The number of amides is 1. The highest BCUT2D eigenvalue weighted by Gasteiger charge is 2.23. The zero-order valence-corrected chi connectivity index (χ0v) is 20.5. The van der Waals surface area contributed by atoms with Crippen molar-refractivity contribution < 1.29 is 14.3 Å². The summed E-state index contributed by atoms with van der Waals surface area (Å²) in [6.07, 6.45) is 4.88. The first-order valence-corrected chi connectivity index (χ1v) is 12.7. The summed E-state index contributed by atoms with van der Waals surface area (Å²) >= 11 is 0. The van der Waals surface area contributed by atoms with E-state index >= 15 is 0 Å². The molecule has 3 heterocycles. The van der Waals surface area contributed by atoms with Gasteiger partial charge in [-0.1, -0.05) is 60.7 Å². The van der Waals surface area contributed by atoms with E-state index in [0.29, 0.717) is 23.8 Å². The van der Waals surface area contributed by atoms with E-state index in [1.807, 2.05) is 53.4 Å². The van der Waals surface area contributed by atoms with Crippen molar-refractivity contribution in [1.82, 2.24) is 14.9 Å². The number of benzene rings is 3. The maximum absolute atomic E-state index is 13.5. The minimum atomic E-state index is -0.0100. The van der Waals surface area contributed by atoms with Crippen LogP contribution in [0.15, 0.2) is 79.0 Å². The second-order valence-electron chi connectivity index (χ2n) is 9.29. The number of piperidine rings is 1. The molecular formula is C30H28N4O3. The number of carbonyl (C=O) groups is 1. The van der Waals surface area contributed by atoms with Crippen molar-refractivity contribution in [2.75, 3.05) is 25.2 Å². The summed E-state index contributed by atoms with van der Waals surface area (Å²) in [7, 11) is 0. The molecule has 1 amide bonds. The average molecular weight is 493 g/mol. The smallest absolute Gasteiger partial charge is 0.257 e. The van der Waals surface area contributed by atoms with Crippen molar-refractivity contribution in [2.24, 2.45) is 0 Å². The molecule has 6 rings (SSSR count). The van der Waals surface area contributed by atoms with Crippen LogP contribution in [-0.4, -0.2) is 40.7 Å².